The number of aromatic nitrogens is 2. The summed E-state index contributed by atoms with van der Waals surface area (Å²) >= 11 is 3.43. The van der Waals surface area contributed by atoms with Crippen LogP contribution in [0.2, 0.25) is 0 Å². The van der Waals surface area contributed by atoms with Crippen LogP contribution in [-0.4, -0.2) is 33.7 Å². The number of carbonyl (C=O) groups is 1. The summed E-state index contributed by atoms with van der Waals surface area (Å²) in [6.45, 7) is 9.79. The van der Waals surface area contributed by atoms with E-state index in [1.807, 2.05) is 52.8 Å². The van der Waals surface area contributed by atoms with Gasteiger partial charge < -0.3 is 15.4 Å². The van der Waals surface area contributed by atoms with Gasteiger partial charge in [-0.2, -0.15) is 0 Å². The van der Waals surface area contributed by atoms with Crippen molar-refractivity contribution in [2.75, 3.05) is 11.9 Å². The van der Waals surface area contributed by atoms with Crippen molar-refractivity contribution in [1.29, 1.82) is 0 Å². The van der Waals surface area contributed by atoms with Crippen molar-refractivity contribution in [3.63, 3.8) is 0 Å². The maximum Gasteiger partial charge on any atom is 0.407 e. The van der Waals surface area contributed by atoms with Crippen molar-refractivity contribution in [3.8, 4) is 0 Å². The van der Waals surface area contributed by atoms with Crippen molar-refractivity contribution >= 4 is 38.9 Å². The number of anilines is 1. The quantitative estimate of drug-likeness (QED) is 0.815. The lowest BCUT2D eigenvalue weighted by atomic mass is 10.1. The molecule has 0 saturated carbocycles. The number of ether oxygens (including phenoxy) is 1. The van der Waals surface area contributed by atoms with Crippen LogP contribution < -0.4 is 10.6 Å². The molecule has 0 radical (unpaired) electrons. The maximum absolute atomic E-state index is 11.8. The molecular formula is C17H23BrN4O2. The van der Waals surface area contributed by atoms with E-state index >= 15 is 0 Å². The molecule has 24 heavy (non-hydrogen) atoms. The molecule has 0 aliphatic rings. The Hall–Kier alpha value is -1.89. The van der Waals surface area contributed by atoms with Crippen LogP contribution in [0.1, 0.15) is 34.6 Å². The fourth-order valence-electron chi connectivity index (χ4n) is 2.02. The number of nitrogens with zero attached hydrogens (tertiary/aromatic N) is 2. The molecule has 0 atom stereocenters. The molecule has 1 amide bonds. The first kappa shape index (κ1) is 18.4. The van der Waals surface area contributed by atoms with Gasteiger partial charge in [-0.25, -0.2) is 14.8 Å². The zero-order valence-corrected chi connectivity index (χ0v) is 16.2. The highest BCUT2D eigenvalue weighted by molar-refractivity contribution is 9.10. The smallest absolute Gasteiger partial charge is 0.407 e. The van der Waals surface area contributed by atoms with Crippen molar-refractivity contribution in [1.82, 2.24) is 15.3 Å². The maximum atomic E-state index is 11.8. The van der Waals surface area contributed by atoms with Gasteiger partial charge in [0.05, 0.1) is 11.1 Å². The van der Waals surface area contributed by atoms with Crippen molar-refractivity contribution in [3.05, 3.63) is 28.9 Å². The van der Waals surface area contributed by atoms with Crippen LogP contribution in [0.15, 0.2) is 28.9 Å². The molecule has 2 N–H and O–H groups in total. The van der Waals surface area contributed by atoms with Crippen LogP contribution in [0.4, 0.5) is 10.7 Å². The lowest BCUT2D eigenvalue weighted by molar-refractivity contribution is 0.0520. The third-order valence-corrected chi connectivity index (χ3v) is 3.56. The number of rotatable bonds is 4. The number of amides is 1. The van der Waals surface area contributed by atoms with Crippen LogP contribution in [-0.2, 0) is 4.74 Å². The molecule has 130 valence electrons. The second kappa shape index (κ2) is 6.93. The lowest BCUT2D eigenvalue weighted by Crippen LogP contribution is -2.45. The number of alkyl carbamates (subject to hydrolysis) is 1. The Morgan fingerprint density at radius 3 is 2.62 bits per heavy atom. The van der Waals surface area contributed by atoms with Crippen LogP contribution >= 0.6 is 15.9 Å². The van der Waals surface area contributed by atoms with Crippen LogP contribution in [0.3, 0.4) is 0 Å². The predicted molar refractivity (Wildman–Crippen MR) is 99.2 cm³/mol. The number of nitrogens with one attached hydrogen (secondary N) is 2. The molecule has 6 nitrogen and oxygen atoms in total. The Morgan fingerprint density at radius 2 is 1.96 bits per heavy atom. The molecule has 0 saturated heterocycles. The van der Waals surface area contributed by atoms with Gasteiger partial charge in [0.25, 0.3) is 0 Å². The van der Waals surface area contributed by atoms with Crippen molar-refractivity contribution < 1.29 is 9.53 Å². The summed E-state index contributed by atoms with van der Waals surface area (Å²) in [6, 6.07) is 5.83. The molecule has 0 aliphatic heterocycles. The molecule has 0 fully saturated rings. The lowest BCUT2D eigenvalue weighted by Gasteiger charge is -2.27. The molecule has 0 aliphatic carbocycles. The van der Waals surface area contributed by atoms with Crippen LogP contribution in [0.25, 0.3) is 10.9 Å². The largest absolute Gasteiger partial charge is 0.444 e. The van der Waals surface area contributed by atoms with E-state index in [-0.39, 0.29) is 0 Å². The van der Waals surface area contributed by atoms with E-state index in [0.717, 1.165) is 15.4 Å². The SMILES string of the molecule is CC(C)(CNC(=O)OC(C)(C)C)Nc1ncc2cc(Br)ccc2n1. The van der Waals surface area contributed by atoms with Crippen LogP contribution in [0.5, 0.6) is 0 Å². The van der Waals surface area contributed by atoms with E-state index < -0.39 is 17.2 Å². The van der Waals surface area contributed by atoms with E-state index in [1.165, 1.54) is 0 Å². The molecular weight excluding hydrogens is 372 g/mol. The van der Waals surface area contributed by atoms with Gasteiger partial charge in [-0.1, -0.05) is 15.9 Å². The molecule has 0 unspecified atom stereocenters. The van der Waals surface area contributed by atoms with Crippen LogP contribution in [0, 0.1) is 0 Å². The fourth-order valence-corrected chi connectivity index (χ4v) is 2.40. The minimum atomic E-state index is -0.516. The number of hydrogen-bond donors (Lipinski definition) is 2. The molecule has 0 spiro atoms. The number of hydrogen-bond acceptors (Lipinski definition) is 5. The Bertz CT molecular complexity index is 741. The predicted octanol–water partition coefficient (Wildman–Crippen LogP) is 4.11. The summed E-state index contributed by atoms with van der Waals surface area (Å²) in [6.07, 6.45) is 1.33. The molecule has 2 rings (SSSR count). The second-order valence-corrected chi connectivity index (χ2v) is 8.18. The highest BCUT2D eigenvalue weighted by Gasteiger charge is 2.22. The first-order chi connectivity index (χ1) is 11.0. The van der Waals surface area contributed by atoms with Gasteiger partial charge in [0.15, 0.2) is 0 Å². The normalized spacial score (nSPS) is 12.1. The minimum Gasteiger partial charge on any atom is -0.444 e. The highest BCUT2D eigenvalue weighted by atomic mass is 79.9. The van der Waals surface area contributed by atoms with Gasteiger partial charge >= 0.3 is 6.09 Å². The van der Waals surface area contributed by atoms with Gasteiger partial charge in [0, 0.05) is 22.6 Å². The summed E-state index contributed by atoms with van der Waals surface area (Å²) in [5.41, 5.74) is -0.0938. The Balaban J connectivity index is 2.00. The second-order valence-electron chi connectivity index (χ2n) is 7.26. The Labute approximate surface area is 150 Å². The average Bonchev–Trinajstić information content (AvgIpc) is 2.43. The zero-order chi connectivity index (χ0) is 18.0. The zero-order valence-electron chi connectivity index (χ0n) is 14.6. The van der Waals surface area contributed by atoms with Gasteiger partial charge in [0.2, 0.25) is 5.95 Å². The van der Waals surface area contributed by atoms with Crippen molar-refractivity contribution in [2.45, 2.75) is 45.8 Å². The summed E-state index contributed by atoms with van der Waals surface area (Å²) in [7, 11) is 0. The molecule has 1 aromatic carbocycles. The van der Waals surface area contributed by atoms with E-state index in [9.17, 15) is 4.79 Å². The Morgan fingerprint density at radius 1 is 1.25 bits per heavy atom. The van der Waals surface area contributed by atoms with E-state index in [4.69, 9.17) is 4.74 Å². The Kier molecular flexibility index (Phi) is 5.32. The molecule has 7 heteroatoms. The van der Waals surface area contributed by atoms with E-state index in [0.29, 0.717) is 12.5 Å². The number of carbonyl (C=O) groups excluding carboxylic acids is 1. The summed E-state index contributed by atoms with van der Waals surface area (Å²) < 4.78 is 6.23. The number of fused-ring (bicyclic) bond motifs is 1. The average molecular weight is 395 g/mol. The standard InChI is InChI=1S/C17H23BrN4O2/c1-16(2,3)24-15(23)20-10-17(4,5)22-14-19-9-11-8-12(18)6-7-13(11)21-14/h6-9H,10H2,1-5H3,(H,20,23)(H,19,21,22). The van der Waals surface area contributed by atoms with Crippen molar-refractivity contribution in [2.24, 2.45) is 0 Å². The van der Waals surface area contributed by atoms with Gasteiger partial charge in [-0.05, 0) is 52.8 Å². The molecule has 2 aromatic rings. The topological polar surface area (TPSA) is 76.1 Å². The molecule has 0 bridgehead atoms. The minimum absolute atomic E-state index is 0.379. The first-order valence-electron chi connectivity index (χ1n) is 7.71. The highest BCUT2D eigenvalue weighted by Crippen LogP contribution is 2.19. The number of benzene rings is 1. The molecule has 1 aromatic heterocycles. The first-order valence-corrected chi connectivity index (χ1v) is 8.51. The summed E-state index contributed by atoms with van der Waals surface area (Å²) in [4.78, 5) is 20.6. The van der Waals surface area contributed by atoms with Gasteiger partial charge in [-0.15, -0.1) is 0 Å². The third kappa shape index (κ3) is 5.63. The third-order valence-electron chi connectivity index (χ3n) is 3.07. The summed E-state index contributed by atoms with van der Waals surface area (Å²) in [5, 5.41) is 6.96. The number of halogens is 1. The van der Waals surface area contributed by atoms with E-state index in [1.54, 1.807) is 6.20 Å². The monoisotopic (exact) mass is 394 g/mol. The van der Waals surface area contributed by atoms with Gasteiger partial charge in [-0.3, -0.25) is 0 Å². The fraction of sp³-hybridized carbons (Fsp3) is 0.471. The molecule has 1 heterocycles. The van der Waals surface area contributed by atoms with E-state index in [2.05, 4.69) is 36.5 Å². The summed E-state index contributed by atoms with van der Waals surface area (Å²) in [5.74, 6) is 0.515. The van der Waals surface area contributed by atoms with Gasteiger partial charge in [0.1, 0.15) is 5.60 Å².